The standard InChI is InChI=1S/C19H30N2O6P2S/c1-6-24-28(22,25-7-2)19(29(23,26-8-3)27-9-4)14-17(20-21-19)18(30)16-12-10-15(5)11-13-16/h10-13,21H,6-9,14H2,1-5H3. The fourth-order valence-corrected chi connectivity index (χ4v) is 8.66. The first-order chi connectivity index (χ1) is 14.2. The highest BCUT2D eigenvalue weighted by Gasteiger charge is 2.68. The number of hydrogen-bond acceptors (Lipinski definition) is 9. The summed E-state index contributed by atoms with van der Waals surface area (Å²) in [5, 5.41) is 2.48. The lowest BCUT2D eigenvalue weighted by atomic mass is 10.1. The van der Waals surface area contributed by atoms with Crippen LogP contribution < -0.4 is 5.43 Å². The summed E-state index contributed by atoms with van der Waals surface area (Å²) in [5.74, 6) is 0. The van der Waals surface area contributed by atoms with Crippen LogP contribution in [0.2, 0.25) is 0 Å². The average Bonchev–Trinajstić information content (AvgIpc) is 3.17. The van der Waals surface area contributed by atoms with Crippen LogP contribution >= 0.6 is 27.4 Å². The highest BCUT2D eigenvalue weighted by atomic mass is 32.1. The molecule has 0 spiro atoms. The maximum atomic E-state index is 13.9. The van der Waals surface area contributed by atoms with Crippen molar-refractivity contribution in [2.24, 2.45) is 5.10 Å². The van der Waals surface area contributed by atoms with E-state index in [4.69, 9.17) is 30.3 Å². The van der Waals surface area contributed by atoms with Gasteiger partial charge in [0, 0.05) is 6.42 Å². The molecule has 1 aliphatic heterocycles. The Morgan fingerprint density at radius 2 is 1.40 bits per heavy atom. The van der Waals surface area contributed by atoms with Gasteiger partial charge >= 0.3 is 15.2 Å². The third-order valence-electron chi connectivity index (χ3n) is 4.46. The topological polar surface area (TPSA) is 95.5 Å². The van der Waals surface area contributed by atoms with Gasteiger partial charge in [-0.3, -0.25) is 14.6 Å². The van der Waals surface area contributed by atoms with Gasteiger partial charge in [0.15, 0.2) is 0 Å². The Morgan fingerprint density at radius 1 is 0.967 bits per heavy atom. The van der Waals surface area contributed by atoms with Crippen LogP contribution in [0.15, 0.2) is 29.4 Å². The van der Waals surface area contributed by atoms with Gasteiger partial charge in [0.1, 0.15) is 0 Å². The molecule has 0 amide bonds. The Morgan fingerprint density at radius 3 is 1.80 bits per heavy atom. The summed E-state index contributed by atoms with van der Waals surface area (Å²) in [6.07, 6.45) is -0.0890. The van der Waals surface area contributed by atoms with Crippen molar-refractivity contribution in [2.75, 3.05) is 26.4 Å². The van der Waals surface area contributed by atoms with E-state index >= 15 is 0 Å². The lowest BCUT2D eigenvalue weighted by molar-refractivity contribution is 0.172. The average molecular weight is 476 g/mol. The fraction of sp³-hybridized carbons (Fsp3) is 0.579. The van der Waals surface area contributed by atoms with Crippen LogP contribution in [-0.4, -0.2) is 42.0 Å². The van der Waals surface area contributed by atoms with Gasteiger partial charge in [0.25, 0.3) is 5.02 Å². The van der Waals surface area contributed by atoms with E-state index in [9.17, 15) is 9.13 Å². The molecule has 0 aliphatic carbocycles. The third kappa shape index (κ3) is 4.78. The van der Waals surface area contributed by atoms with Crippen LogP contribution in [0.5, 0.6) is 0 Å². The summed E-state index contributed by atoms with van der Waals surface area (Å²) < 4.78 is 50.1. The molecule has 0 radical (unpaired) electrons. The van der Waals surface area contributed by atoms with Crippen LogP contribution in [0.3, 0.4) is 0 Å². The minimum Gasteiger partial charge on any atom is -0.307 e. The summed E-state index contributed by atoms with van der Waals surface area (Å²) in [6.45, 7) is 9.02. The summed E-state index contributed by atoms with van der Waals surface area (Å²) in [5.41, 5.74) is 5.06. The summed E-state index contributed by atoms with van der Waals surface area (Å²) in [6, 6.07) is 7.65. The highest BCUT2D eigenvalue weighted by Crippen LogP contribution is 2.78. The van der Waals surface area contributed by atoms with Crippen molar-refractivity contribution in [1.82, 2.24) is 5.43 Å². The molecule has 0 saturated heterocycles. The molecule has 1 aromatic carbocycles. The van der Waals surface area contributed by atoms with Crippen LogP contribution in [-0.2, 0) is 27.2 Å². The van der Waals surface area contributed by atoms with Gasteiger partial charge < -0.3 is 18.1 Å². The minimum atomic E-state index is -4.05. The number of rotatable bonds is 12. The normalized spacial score (nSPS) is 16.2. The van der Waals surface area contributed by atoms with E-state index in [0.717, 1.165) is 11.1 Å². The molecular formula is C19H30N2O6P2S. The van der Waals surface area contributed by atoms with Crippen molar-refractivity contribution < 1.29 is 27.2 Å². The SMILES string of the molecule is CCOP(=O)(OCC)C1(P(=O)(OCC)OCC)CC(C(=S)c2ccc(C)cc2)=NN1. The Bertz CT molecular complexity index is 824. The number of hydrogen-bond donors (Lipinski definition) is 1. The molecule has 11 heteroatoms. The second-order valence-corrected chi connectivity index (χ2v) is 11.8. The molecule has 0 bridgehead atoms. The Kier molecular flexibility index (Phi) is 8.95. The minimum absolute atomic E-state index is 0.0801. The van der Waals surface area contributed by atoms with Crippen molar-refractivity contribution in [3.63, 3.8) is 0 Å². The molecule has 0 atom stereocenters. The maximum Gasteiger partial charge on any atom is 0.370 e. The van der Waals surface area contributed by atoms with Crippen LogP contribution in [0.4, 0.5) is 0 Å². The van der Waals surface area contributed by atoms with Gasteiger partial charge in [0.05, 0.1) is 37.0 Å². The van der Waals surface area contributed by atoms with Gasteiger partial charge in [-0.15, -0.1) is 0 Å². The molecule has 0 unspecified atom stereocenters. The van der Waals surface area contributed by atoms with Gasteiger partial charge in [-0.2, -0.15) is 5.10 Å². The predicted molar refractivity (Wildman–Crippen MR) is 123 cm³/mol. The van der Waals surface area contributed by atoms with E-state index < -0.39 is 20.2 Å². The smallest absolute Gasteiger partial charge is 0.307 e. The van der Waals surface area contributed by atoms with Gasteiger partial charge in [-0.1, -0.05) is 42.0 Å². The summed E-state index contributed by atoms with van der Waals surface area (Å²) >= 11 is 5.62. The Labute approximate surface area is 183 Å². The molecule has 8 nitrogen and oxygen atoms in total. The first kappa shape index (κ1) is 25.3. The number of aryl methyl sites for hydroxylation is 1. The lowest BCUT2D eigenvalue weighted by Gasteiger charge is -2.38. The fourth-order valence-electron chi connectivity index (χ4n) is 3.12. The number of benzene rings is 1. The van der Waals surface area contributed by atoms with Crippen molar-refractivity contribution in [1.29, 1.82) is 0 Å². The predicted octanol–water partition coefficient (Wildman–Crippen LogP) is 5.25. The van der Waals surface area contributed by atoms with Crippen LogP contribution in [0, 0.1) is 6.92 Å². The molecule has 0 aromatic heterocycles. The Hall–Kier alpha value is -0.920. The molecule has 1 aliphatic rings. The molecular weight excluding hydrogens is 446 g/mol. The monoisotopic (exact) mass is 476 g/mol. The zero-order chi connectivity index (χ0) is 22.4. The van der Waals surface area contributed by atoms with E-state index in [0.29, 0.717) is 10.6 Å². The molecule has 30 heavy (non-hydrogen) atoms. The van der Waals surface area contributed by atoms with Crippen molar-refractivity contribution >= 4 is 38.0 Å². The molecule has 1 aromatic rings. The van der Waals surface area contributed by atoms with Gasteiger partial charge in [-0.25, -0.2) is 0 Å². The van der Waals surface area contributed by atoms with E-state index in [2.05, 4.69) is 10.5 Å². The molecule has 168 valence electrons. The number of hydrazone groups is 1. The zero-order valence-electron chi connectivity index (χ0n) is 18.0. The first-order valence-electron chi connectivity index (χ1n) is 9.96. The largest absolute Gasteiger partial charge is 0.370 e. The summed E-state index contributed by atoms with van der Waals surface area (Å²) in [4.78, 5) is 0.448. The first-order valence-corrected chi connectivity index (χ1v) is 13.4. The Balaban J connectivity index is 2.54. The molecule has 2 rings (SSSR count). The molecule has 1 N–H and O–H groups in total. The maximum absolute atomic E-state index is 13.9. The van der Waals surface area contributed by atoms with Gasteiger partial charge in [0.2, 0.25) is 0 Å². The van der Waals surface area contributed by atoms with Crippen molar-refractivity contribution in [3.8, 4) is 0 Å². The third-order valence-corrected chi connectivity index (χ3v) is 11.1. The molecule has 0 fully saturated rings. The van der Waals surface area contributed by atoms with E-state index in [1.165, 1.54) is 0 Å². The van der Waals surface area contributed by atoms with Crippen LogP contribution in [0.1, 0.15) is 45.2 Å². The zero-order valence-corrected chi connectivity index (χ0v) is 20.6. The van der Waals surface area contributed by atoms with Crippen molar-refractivity contribution in [2.45, 2.75) is 46.1 Å². The quantitative estimate of drug-likeness (QED) is 0.248. The van der Waals surface area contributed by atoms with E-state index in [1.807, 2.05) is 31.2 Å². The van der Waals surface area contributed by atoms with Gasteiger partial charge in [-0.05, 0) is 40.2 Å². The van der Waals surface area contributed by atoms with E-state index in [-0.39, 0.29) is 32.8 Å². The van der Waals surface area contributed by atoms with Crippen molar-refractivity contribution in [3.05, 3.63) is 35.4 Å². The number of nitrogens with one attached hydrogen (secondary N) is 1. The second-order valence-electron chi connectivity index (χ2n) is 6.52. The molecule has 0 saturated carbocycles. The number of thiocarbonyl (C=S) groups is 1. The molecule has 1 heterocycles. The summed E-state index contributed by atoms with van der Waals surface area (Å²) in [7, 11) is -8.11. The lowest BCUT2D eigenvalue weighted by Crippen LogP contribution is -2.42. The van der Waals surface area contributed by atoms with Crippen LogP contribution in [0.25, 0.3) is 0 Å². The highest BCUT2D eigenvalue weighted by molar-refractivity contribution is 7.82. The second kappa shape index (κ2) is 10.6. The van der Waals surface area contributed by atoms with E-state index in [1.54, 1.807) is 27.7 Å². The number of nitrogens with zero attached hydrogens (tertiary/aromatic N) is 1.